The Morgan fingerprint density at radius 3 is 2.06 bits per heavy atom. The highest BCUT2D eigenvalue weighted by molar-refractivity contribution is 14.1. The maximum absolute atomic E-state index is 5.70. The van der Waals surface area contributed by atoms with Gasteiger partial charge in [0.2, 0.25) is 0 Å². The zero-order valence-electron chi connectivity index (χ0n) is 11.3. The molecule has 0 fully saturated rings. The predicted octanol–water partition coefficient (Wildman–Crippen LogP) is 4.72. The summed E-state index contributed by atoms with van der Waals surface area (Å²) in [6.07, 6.45) is 11.0. The van der Waals surface area contributed by atoms with Crippen molar-refractivity contribution in [3.05, 3.63) is 12.2 Å². The Bertz CT molecular complexity index is 162. The van der Waals surface area contributed by atoms with Gasteiger partial charge >= 0.3 is 0 Å². The molecule has 0 radical (unpaired) electrons. The van der Waals surface area contributed by atoms with Crippen molar-refractivity contribution in [3.8, 4) is 0 Å². The molecular formula is C14H27IO2. The van der Waals surface area contributed by atoms with Crippen LogP contribution < -0.4 is 0 Å². The van der Waals surface area contributed by atoms with E-state index in [-0.39, 0.29) is 6.29 Å². The van der Waals surface area contributed by atoms with Crippen molar-refractivity contribution in [2.75, 3.05) is 17.6 Å². The molecule has 0 amide bonds. The Labute approximate surface area is 120 Å². The number of halogens is 1. The fourth-order valence-electron chi connectivity index (χ4n) is 1.25. The maximum atomic E-state index is 5.70. The molecule has 0 aliphatic rings. The van der Waals surface area contributed by atoms with E-state index in [0.717, 1.165) is 32.5 Å². The molecule has 0 aromatic rings. The van der Waals surface area contributed by atoms with E-state index in [4.69, 9.17) is 9.47 Å². The van der Waals surface area contributed by atoms with Crippen molar-refractivity contribution >= 4 is 22.6 Å². The van der Waals surface area contributed by atoms with E-state index in [0.29, 0.717) is 0 Å². The molecule has 0 atom stereocenters. The van der Waals surface area contributed by atoms with Crippen molar-refractivity contribution in [1.82, 2.24) is 0 Å². The van der Waals surface area contributed by atoms with Crippen LogP contribution in [0, 0.1) is 0 Å². The summed E-state index contributed by atoms with van der Waals surface area (Å²) < 4.78 is 12.6. The van der Waals surface area contributed by atoms with Crippen molar-refractivity contribution in [2.45, 2.75) is 58.7 Å². The van der Waals surface area contributed by atoms with E-state index in [1.54, 1.807) is 0 Å². The van der Waals surface area contributed by atoms with Crippen LogP contribution in [0.1, 0.15) is 52.4 Å². The van der Waals surface area contributed by atoms with E-state index in [1.165, 1.54) is 23.7 Å². The Balaban J connectivity index is 3.78. The number of hydrogen-bond donors (Lipinski definition) is 0. The second-order valence-electron chi connectivity index (χ2n) is 4.08. The third-order valence-corrected chi connectivity index (χ3v) is 3.12. The van der Waals surface area contributed by atoms with Crippen LogP contribution in [0.2, 0.25) is 0 Å². The molecule has 0 rings (SSSR count). The van der Waals surface area contributed by atoms with Gasteiger partial charge in [-0.05, 0) is 36.2 Å². The summed E-state index contributed by atoms with van der Waals surface area (Å²) in [5.74, 6) is 0. The summed E-state index contributed by atoms with van der Waals surface area (Å²) in [6.45, 7) is 5.94. The number of allylic oxidation sites excluding steroid dienone is 1. The second kappa shape index (κ2) is 14.5. The second-order valence-corrected chi connectivity index (χ2v) is 5.16. The number of hydrogen-bond acceptors (Lipinski definition) is 2. The van der Waals surface area contributed by atoms with Crippen molar-refractivity contribution in [3.63, 3.8) is 0 Å². The molecule has 0 aromatic carbocycles. The topological polar surface area (TPSA) is 18.5 Å². The fourth-order valence-corrected chi connectivity index (χ4v) is 1.69. The molecule has 3 heteroatoms. The summed E-state index contributed by atoms with van der Waals surface area (Å²) >= 11 is 2.40. The number of unbranched alkanes of at least 4 members (excludes halogenated alkanes) is 3. The maximum Gasteiger partial charge on any atom is 0.176 e. The van der Waals surface area contributed by atoms with E-state index in [1.807, 2.05) is 0 Å². The Kier molecular flexibility index (Phi) is 14.8. The zero-order valence-corrected chi connectivity index (χ0v) is 13.4. The predicted molar refractivity (Wildman–Crippen MR) is 82.8 cm³/mol. The van der Waals surface area contributed by atoms with Gasteiger partial charge in [-0.1, -0.05) is 55.4 Å². The normalized spacial score (nSPS) is 11.8. The molecule has 0 N–H and O–H groups in total. The average Bonchev–Trinajstić information content (AvgIpc) is 2.34. The quantitative estimate of drug-likeness (QED) is 0.166. The minimum Gasteiger partial charge on any atom is -0.349 e. The molecule has 0 aliphatic heterocycles. The number of ether oxygens (including phenoxy) is 2. The van der Waals surface area contributed by atoms with E-state index in [9.17, 15) is 0 Å². The van der Waals surface area contributed by atoms with Gasteiger partial charge in [0.1, 0.15) is 0 Å². The van der Waals surface area contributed by atoms with Gasteiger partial charge in [0.15, 0.2) is 6.29 Å². The lowest BCUT2D eigenvalue weighted by Crippen LogP contribution is -2.16. The molecule has 0 saturated carbocycles. The molecule has 0 aliphatic carbocycles. The molecule has 0 saturated heterocycles. The van der Waals surface area contributed by atoms with Gasteiger partial charge in [0.25, 0.3) is 0 Å². The molecule has 102 valence electrons. The highest BCUT2D eigenvalue weighted by Crippen LogP contribution is 2.04. The Hall–Kier alpha value is 0.390. The first-order chi connectivity index (χ1) is 8.35. The summed E-state index contributed by atoms with van der Waals surface area (Å²) in [5, 5.41) is 0. The summed E-state index contributed by atoms with van der Waals surface area (Å²) in [4.78, 5) is 0. The highest BCUT2D eigenvalue weighted by Gasteiger charge is 2.03. The Morgan fingerprint density at radius 2 is 1.59 bits per heavy atom. The van der Waals surface area contributed by atoms with E-state index >= 15 is 0 Å². The lowest BCUT2D eigenvalue weighted by atomic mass is 10.3. The van der Waals surface area contributed by atoms with E-state index < -0.39 is 0 Å². The third kappa shape index (κ3) is 12.6. The van der Waals surface area contributed by atoms with Gasteiger partial charge in [-0.3, -0.25) is 0 Å². The molecular weight excluding hydrogens is 327 g/mol. The smallest absolute Gasteiger partial charge is 0.176 e. The lowest BCUT2D eigenvalue weighted by Gasteiger charge is -2.14. The highest BCUT2D eigenvalue weighted by atomic mass is 127. The number of rotatable bonds is 12. The average molecular weight is 354 g/mol. The summed E-state index contributed by atoms with van der Waals surface area (Å²) in [7, 11) is 0. The molecule has 0 aromatic heterocycles. The zero-order chi connectivity index (χ0) is 12.8. The lowest BCUT2D eigenvalue weighted by molar-refractivity contribution is -0.112. The summed E-state index contributed by atoms with van der Waals surface area (Å²) in [6, 6.07) is 0. The Morgan fingerprint density at radius 1 is 1.00 bits per heavy atom. The van der Waals surface area contributed by atoms with Crippen LogP contribution in [0.4, 0.5) is 0 Å². The molecule has 0 bridgehead atoms. The molecule has 0 unspecified atom stereocenters. The first kappa shape index (κ1) is 17.4. The van der Waals surface area contributed by atoms with Crippen LogP contribution in [0.25, 0.3) is 0 Å². The molecule has 17 heavy (non-hydrogen) atoms. The van der Waals surface area contributed by atoms with Crippen LogP contribution >= 0.6 is 22.6 Å². The summed E-state index contributed by atoms with van der Waals surface area (Å²) in [5.41, 5.74) is 0. The van der Waals surface area contributed by atoms with Gasteiger partial charge < -0.3 is 9.47 Å². The van der Waals surface area contributed by atoms with Gasteiger partial charge in [-0.2, -0.15) is 0 Å². The first-order valence-electron chi connectivity index (χ1n) is 6.81. The standard InChI is InChI=1S/C14H27IO2/c1-3-5-12-16-14(17-13-6-4-2)10-8-7-9-11-15/h8,10,14H,3-7,9,11-13H2,1-2H3/b10-8-. The number of alkyl halides is 1. The third-order valence-electron chi connectivity index (χ3n) is 2.36. The largest absolute Gasteiger partial charge is 0.349 e. The van der Waals surface area contributed by atoms with E-state index in [2.05, 4.69) is 48.6 Å². The van der Waals surface area contributed by atoms with Crippen molar-refractivity contribution in [1.29, 1.82) is 0 Å². The molecule has 0 spiro atoms. The van der Waals surface area contributed by atoms with Crippen LogP contribution in [-0.2, 0) is 9.47 Å². The minimum absolute atomic E-state index is 0.137. The van der Waals surface area contributed by atoms with Gasteiger partial charge in [-0.15, -0.1) is 0 Å². The molecule has 0 heterocycles. The minimum atomic E-state index is -0.137. The fraction of sp³-hybridized carbons (Fsp3) is 0.857. The van der Waals surface area contributed by atoms with Crippen molar-refractivity contribution < 1.29 is 9.47 Å². The van der Waals surface area contributed by atoms with Crippen molar-refractivity contribution in [2.24, 2.45) is 0 Å². The van der Waals surface area contributed by atoms with Crippen LogP contribution in [-0.4, -0.2) is 23.9 Å². The van der Waals surface area contributed by atoms with Gasteiger partial charge in [0.05, 0.1) is 13.2 Å². The van der Waals surface area contributed by atoms with Crippen LogP contribution in [0.15, 0.2) is 12.2 Å². The van der Waals surface area contributed by atoms with Crippen LogP contribution in [0.3, 0.4) is 0 Å². The van der Waals surface area contributed by atoms with Gasteiger partial charge in [-0.25, -0.2) is 0 Å². The van der Waals surface area contributed by atoms with Gasteiger partial charge in [0, 0.05) is 0 Å². The SMILES string of the molecule is CCCCOC(/C=C\CCCI)OCCCC. The molecule has 2 nitrogen and oxygen atoms in total. The van der Waals surface area contributed by atoms with Crippen LogP contribution in [0.5, 0.6) is 0 Å². The monoisotopic (exact) mass is 354 g/mol. The first-order valence-corrected chi connectivity index (χ1v) is 8.33.